The Hall–Kier alpha value is -15.8. The van der Waals surface area contributed by atoms with Crippen molar-refractivity contribution in [3.63, 3.8) is 0 Å². The second kappa shape index (κ2) is 28.9. The highest BCUT2D eigenvalue weighted by molar-refractivity contribution is 6.15. The fourth-order valence-corrected chi connectivity index (χ4v) is 19.6. The number of hydrogen-bond donors (Lipinski definition) is 1. The largest absolute Gasteiger partial charge is 0.355 e. The Kier molecular flexibility index (Phi) is 16.8. The van der Waals surface area contributed by atoms with Gasteiger partial charge in [0.25, 0.3) is 0 Å². The van der Waals surface area contributed by atoms with E-state index < -0.39 is 5.41 Å². The summed E-state index contributed by atoms with van der Waals surface area (Å²) in [5.41, 5.74) is 37.7. The zero-order chi connectivity index (χ0) is 79.2. The van der Waals surface area contributed by atoms with E-state index in [4.69, 9.17) is 0 Å². The standard InChI is InChI=1S/C73H47N3.C42H30N2/c1-3-19-48(20-4-1)49-37-39-51(40-38-49)55-23-8-13-32-65(55)75(54-44-41-50(42-45-54)52-43-46-68-60(47-52)57-25-10-14-33-66(57)74(68)53-21-5-2-6-22-53)70-36-18-30-63-71(70)59-26-7-11-28-61(59)73(63)62-29-12-16-35-69(62)76-67-34-15-9-24-56(67)58-27-17-31-64(73)72(58)76;1-3-11-30(12-4-1)31-19-21-33(22-20-31)37-15-7-9-17-40(37)43-35-26-23-32(24-27-35)34-25-28-42-39(29-34)38-16-8-10-18-41(38)44(42)36-13-5-2-6-14-36/h1-47H;1-29,43H. The molecule has 562 valence electrons. The van der Waals surface area contributed by atoms with Crippen molar-refractivity contribution >= 4 is 93.9 Å². The van der Waals surface area contributed by atoms with Crippen LogP contribution in [0.3, 0.4) is 0 Å². The molecule has 0 bridgehead atoms. The van der Waals surface area contributed by atoms with Gasteiger partial charge in [0.05, 0.1) is 55.6 Å². The summed E-state index contributed by atoms with van der Waals surface area (Å²) in [6.07, 6.45) is 0. The summed E-state index contributed by atoms with van der Waals surface area (Å²) in [7, 11) is 0. The summed E-state index contributed by atoms with van der Waals surface area (Å²) < 4.78 is 7.26. The lowest BCUT2D eigenvalue weighted by Crippen LogP contribution is -2.33. The van der Waals surface area contributed by atoms with E-state index in [2.05, 4.69) is 485 Å². The van der Waals surface area contributed by atoms with Crippen molar-refractivity contribution in [2.75, 3.05) is 10.2 Å². The monoisotopic (exact) mass is 1530 g/mol. The van der Waals surface area contributed by atoms with Gasteiger partial charge in [0.15, 0.2) is 0 Å². The molecule has 0 saturated heterocycles. The second-order valence-electron chi connectivity index (χ2n) is 31.4. The third-order valence-corrected chi connectivity index (χ3v) is 24.9. The fourth-order valence-electron chi connectivity index (χ4n) is 19.6. The van der Waals surface area contributed by atoms with Gasteiger partial charge in [-0.15, -0.1) is 0 Å². The van der Waals surface area contributed by atoms with Gasteiger partial charge < -0.3 is 23.9 Å². The summed E-state index contributed by atoms with van der Waals surface area (Å²) in [5.74, 6) is 0. The van der Waals surface area contributed by atoms with Gasteiger partial charge in [0.2, 0.25) is 0 Å². The SMILES string of the molecule is c1ccc(-c2ccc(-c3ccccc3N(c3ccc(-c4ccc5c(c4)c4ccccc4n5-c4ccccc4)cc3)c3cccc4c3-c3ccccc3C43c4ccccc4-n4c5ccccc5c5cccc3c54)cc2)cc1.c1ccc(-c2ccc(-c3ccccc3Nc3ccc(-c4ccc5c(c4)c4ccccc4n5-c4ccccc4)cc3)cc2)cc1. The van der Waals surface area contributed by atoms with Gasteiger partial charge in [-0.2, -0.15) is 0 Å². The van der Waals surface area contributed by atoms with Crippen LogP contribution in [0.2, 0.25) is 0 Å². The van der Waals surface area contributed by atoms with Gasteiger partial charge in [-0.3, -0.25) is 0 Å². The number of nitrogens with zero attached hydrogens (tertiary/aromatic N) is 4. The average molecular weight is 1530 g/mol. The van der Waals surface area contributed by atoms with Gasteiger partial charge >= 0.3 is 0 Å². The first kappa shape index (κ1) is 69.7. The van der Waals surface area contributed by atoms with E-state index in [1.807, 2.05) is 0 Å². The number of hydrogen-bond acceptors (Lipinski definition) is 2. The Morgan fingerprint density at radius 3 is 1.18 bits per heavy atom. The molecular weight excluding hydrogens is 1450 g/mol. The van der Waals surface area contributed by atoms with Gasteiger partial charge in [0, 0.05) is 77.4 Å². The number of benzene rings is 19. The fraction of sp³-hybridized carbons (Fsp3) is 0.00870. The first-order valence-corrected chi connectivity index (χ1v) is 41.4. The van der Waals surface area contributed by atoms with Crippen molar-refractivity contribution in [3.05, 3.63) is 483 Å². The van der Waals surface area contributed by atoms with Crippen LogP contribution in [-0.4, -0.2) is 13.7 Å². The van der Waals surface area contributed by atoms with Gasteiger partial charge in [-0.1, -0.05) is 346 Å². The first-order valence-electron chi connectivity index (χ1n) is 41.4. The molecule has 1 aliphatic heterocycles. The molecule has 5 heteroatoms. The van der Waals surface area contributed by atoms with Crippen molar-refractivity contribution in [2.24, 2.45) is 0 Å². The molecule has 24 rings (SSSR count). The van der Waals surface area contributed by atoms with Crippen molar-refractivity contribution < 1.29 is 0 Å². The Morgan fingerprint density at radius 2 is 0.592 bits per heavy atom. The minimum atomic E-state index is -0.590. The predicted octanol–water partition coefficient (Wildman–Crippen LogP) is 30.6. The normalized spacial score (nSPS) is 13.0. The molecular formula is C115H77N5. The van der Waals surface area contributed by atoms with E-state index in [-0.39, 0.29) is 0 Å². The Labute approximate surface area is 696 Å². The summed E-state index contributed by atoms with van der Waals surface area (Å²) in [4.78, 5) is 2.53. The van der Waals surface area contributed by atoms with Crippen LogP contribution in [0.25, 0.3) is 160 Å². The molecule has 1 spiro atoms. The van der Waals surface area contributed by atoms with E-state index in [1.165, 1.54) is 160 Å². The molecule has 22 aromatic rings. The summed E-state index contributed by atoms with van der Waals surface area (Å²) in [5, 5.41) is 11.2. The molecule has 0 fully saturated rings. The molecule has 2 aliphatic rings. The number of fused-ring (bicyclic) bond motifs is 18. The third-order valence-electron chi connectivity index (χ3n) is 24.9. The van der Waals surface area contributed by atoms with Crippen LogP contribution < -0.4 is 10.2 Å². The van der Waals surface area contributed by atoms with E-state index in [1.54, 1.807) is 0 Å². The van der Waals surface area contributed by atoms with Crippen LogP contribution >= 0.6 is 0 Å². The average Bonchev–Trinajstić information content (AvgIpc) is 1.49. The maximum atomic E-state index is 3.67. The summed E-state index contributed by atoms with van der Waals surface area (Å²) in [6, 6.07) is 168. The molecule has 3 aromatic heterocycles. The minimum Gasteiger partial charge on any atom is -0.355 e. The van der Waals surface area contributed by atoms with E-state index in [0.717, 1.165) is 50.8 Å². The van der Waals surface area contributed by atoms with Crippen molar-refractivity contribution in [2.45, 2.75) is 5.41 Å². The molecule has 0 saturated carbocycles. The highest BCUT2D eigenvalue weighted by Gasteiger charge is 2.52. The lowest BCUT2D eigenvalue weighted by molar-refractivity contribution is 0.748. The Bertz CT molecular complexity index is 7690. The van der Waals surface area contributed by atoms with Crippen LogP contribution in [0.5, 0.6) is 0 Å². The van der Waals surface area contributed by atoms with Crippen LogP contribution in [0.4, 0.5) is 28.4 Å². The number of aromatic nitrogens is 3. The Morgan fingerprint density at radius 1 is 0.217 bits per heavy atom. The number of anilines is 5. The van der Waals surface area contributed by atoms with Gasteiger partial charge in [0.1, 0.15) is 0 Å². The lowest BCUT2D eigenvalue weighted by atomic mass is 9.65. The second-order valence-corrected chi connectivity index (χ2v) is 31.4. The molecule has 19 aromatic carbocycles. The summed E-state index contributed by atoms with van der Waals surface area (Å²) >= 11 is 0. The van der Waals surface area contributed by atoms with E-state index in [0.29, 0.717) is 0 Å². The molecule has 0 amide bonds. The number of nitrogens with one attached hydrogen (secondary N) is 1. The lowest BCUT2D eigenvalue weighted by Gasteiger charge is -2.39. The number of rotatable bonds is 13. The van der Waals surface area contributed by atoms with Crippen molar-refractivity contribution in [1.82, 2.24) is 13.7 Å². The van der Waals surface area contributed by atoms with Crippen LogP contribution in [-0.2, 0) is 5.41 Å². The van der Waals surface area contributed by atoms with E-state index in [9.17, 15) is 0 Å². The summed E-state index contributed by atoms with van der Waals surface area (Å²) in [6.45, 7) is 0. The smallest absolute Gasteiger partial charge is 0.0755 e. The molecule has 1 unspecified atom stereocenters. The van der Waals surface area contributed by atoms with Crippen LogP contribution in [0.1, 0.15) is 22.3 Å². The van der Waals surface area contributed by atoms with Crippen molar-refractivity contribution in [1.29, 1.82) is 0 Å². The van der Waals surface area contributed by atoms with Crippen LogP contribution in [0, 0.1) is 0 Å². The highest BCUT2D eigenvalue weighted by atomic mass is 15.1. The number of para-hydroxylation sites is 9. The molecule has 1 aliphatic carbocycles. The first-order chi connectivity index (χ1) is 59.6. The molecule has 5 nitrogen and oxygen atoms in total. The minimum absolute atomic E-state index is 0.590. The van der Waals surface area contributed by atoms with Gasteiger partial charge in [-0.05, 0) is 199 Å². The Balaban J connectivity index is 0.000000162. The highest BCUT2D eigenvalue weighted by Crippen LogP contribution is 2.64. The molecule has 4 heterocycles. The van der Waals surface area contributed by atoms with Crippen molar-refractivity contribution in [3.8, 4) is 95.0 Å². The molecule has 120 heavy (non-hydrogen) atoms. The quantitative estimate of drug-likeness (QED) is 0.125. The van der Waals surface area contributed by atoms with Gasteiger partial charge in [-0.25, -0.2) is 0 Å². The van der Waals surface area contributed by atoms with E-state index >= 15 is 0 Å². The zero-order valence-corrected chi connectivity index (χ0v) is 65.7. The molecule has 0 radical (unpaired) electrons. The maximum absolute atomic E-state index is 3.67. The van der Waals surface area contributed by atoms with Crippen LogP contribution in [0.15, 0.2) is 461 Å². The third kappa shape index (κ3) is 11.4. The topological polar surface area (TPSA) is 30.1 Å². The zero-order valence-electron chi connectivity index (χ0n) is 65.7. The maximum Gasteiger partial charge on any atom is 0.0755 e. The molecule has 1 N–H and O–H groups in total. The molecule has 1 atom stereocenters. The predicted molar refractivity (Wildman–Crippen MR) is 504 cm³/mol.